The number of primary amides is 1. The van der Waals surface area contributed by atoms with Gasteiger partial charge in [0.1, 0.15) is 6.61 Å². The fourth-order valence-electron chi connectivity index (χ4n) is 2.47. The minimum atomic E-state index is -0.477. The van der Waals surface area contributed by atoms with Gasteiger partial charge >= 0.3 is 0 Å². The molecule has 0 aromatic heterocycles. The topological polar surface area (TPSA) is 61.6 Å². The lowest BCUT2D eigenvalue weighted by atomic mass is 9.89. The number of carbonyl (C=O) groups excluding carboxylic acids is 1. The van der Waals surface area contributed by atoms with Crippen LogP contribution in [0.4, 0.5) is 0 Å². The van der Waals surface area contributed by atoms with Crippen molar-refractivity contribution in [1.29, 1.82) is 0 Å². The van der Waals surface area contributed by atoms with Gasteiger partial charge in [0.05, 0.1) is 0 Å². The zero-order valence-electron chi connectivity index (χ0n) is 11.7. The Morgan fingerprint density at radius 3 is 2.73 bits per heavy atom. The van der Waals surface area contributed by atoms with E-state index in [1.807, 2.05) is 36.4 Å². The summed E-state index contributed by atoms with van der Waals surface area (Å²) in [5.41, 5.74) is 7.82. The smallest absolute Gasteiger partial charge is 0.245 e. The third-order valence-corrected chi connectivity index (χ3v) is 3.81. The lowest BCUT2D eigenvalue weighted by molar-refractivity contribution is -0.219. The van der Waals surface area contributed by atoms with Crippen LogP contribution >= 0.6 is 12.6 Å². The molecule has 112 valence electrons. The predicted octanol–water partition coefficient (Wildman–Crippen LogP) is 2.95. The third kappa shape index (κ3) is 3.00. The second-order valence-corrected chi connectivity index (χ2v) is 5.53. The monoisotopic (exact) mass is 313 g/mol. The normalized spacial score (nSPS) is 17.5. The summed E-state index contributed by atoms with van der Waals surface area (Å²) in [4.78, 5) is 23.0. The summed E-state index contributed by atoms with van der Waals surface area (Å²) in [6, 6.07) is 15.0. The fourth-order valence-corrected chi connectivity index (χ4v) is 2.68. The second kappa shape index (κ2) is 6.25. The molecule has 0 radical (unpaired) electrons. The van der Waals surface area contributed by atoms with Gasteiger partial charge in [-0.2, -0.15) is 4.89 Å². The molecule has 0 fully saturated rings. The second-order valence-electron chi connectivity index (χ2n) is 5.02. The number of hydrogen-bond donors (Lipinski definition) is 2. The van der Waals surface area contributed by atoms with Gasteiger partial charge in [-0.15, -0.1) is 12.6 Å². The molecule has 1 aliphatic rings. The zero-order chi connectivity index (χ0) is 15.5. The molecule has 1 aliphatic heterocycles. The molecule has 0 saturated carbocycles. The zero-order valence-corrected chi connectivity index (χ0v) is 12.6. The van der Waals surface area contributed by atoms with Crippen molar-refractivity contribution in [3.8, 4) is 5.75 Å². The highest BCUT2D eigenvalue weighted by atomic mass is 32.1. The van der Waals surface area contributed by atoms with E-state index >= 15 is 0 Å². The molecule has 1 amide bonds. The van der Waals surface area contributed by atoms with Gasteiger partial charge in [0, 0.05) is 21.9 Å². The lowest BCUT2D eigenvalue weighted by Crippen LogP contribution is -2.26. The number of fused-ring (bicyclic) bond motifs is 1. The van der Waals surface area contributed by atoms with E-state index in [2.05, 4.69) is 12.6 Å². The van der Waals surface area contributed by atoms with Gasteiger partial charge < -0.3 is 10.6 Å². The van der Waals surface area contributed by atoms with Crippen LogP contribution in [0.15, 0.2) is 59.0 Å². The van der Waals surface area contributed by atoms with E-state index in [4.69, 9.17) is 15.5 Å². The summed E-state index contributed by atoms with van der Waals surface area (Å²) < 4.78 is 0. The van der Waals surface area contributed by atoms with E-state index in [0.717, 1.165) is 16.0 Å². The van der Waals surface area contributed by atoms with Crippen molar-refractivity contribution in [3.05, 3.63) is 65.2 Å². The van der Waals surface area contributed by atoms with Crippen LogP contribution in [0.5, 0.6) is 5.75 Å². The minimum Gasteiger partial charge on any atom is -0.366 e. The quantitative estimate of drug-likeness (QED) is 0.520. The van der Waals surface area contributed by atoms with Crippen LogP contribution in [0.25, 0.3) is 6.08 Å². The number of hydrogen-bond acceptors (Lipinski definition) is 4. The molecule has 3 rings (SSSR count). The van der Waals surface area contributed by atoms with E-state index in [1.165, 1.54) is 0 Å². The number of carbonyl (C=O) groups is 1. The van der Waals surface area contributed by atoms with Crippen molar-refractivity contribution >= 4 is 24.6 Å². The number of thiol groups is 1. The number of rotatable bonds is 3. The van der Waals surface area contributed by atoms with E-state index in [0.29, 0.717) is 11.3 Å². The Kier molecular flexibility index (Phi) is 4.18. The molecule has 22 heavy (non-hydrogen) atoms. The maximum Gasteiger partial charge on any atom is 0.245 e. The molecular weight excluding hydrogens is 298 g/mol. The first-order valence-electron chi connectivity index (χ1n) is 6.84. The molecule has 0 bridgehead atoms. The van der Waals surface area contributed by atoms with Crippen LogP contribution < -0.4 is 10.6 Å². The maximum absolute atomic E-state index is 11.9. The van der Waals surface area contributed by atoms with Crippen molar-refractivity contribution in [3.63, 3.8) is 0 Å². The van der Waals surface area contributed by atoms with Crippen molar-refractivity contribution in [2.75, 3.05) is 6.61 Å². The summed E-state index contributed by atoms with van der Waals surface area (Å²) in [5, 5.41) is 0. The van der Waals surface area contributed by atoms with E-state index in [-0.39, 0.29) is 12.5 Å². The lowest BCUT2D eigenvalue weighted by Gasteiger charge is -2.25. The molecule has 1 atom stereocenters. The van der Waals surface area contributed by atoms with E-state index in [1.54, 1.807) is 18.2 Å². The van der Waals surface area contributed by atoms with Crippen molar-refractivity contribution in [2.45, 2.75) is 10.8 Å². The Hall–Kier alpha value is -2.24. The van der Waals surface area contributed by atoms with Crippen LogP contribution in [-0.2, 0) is 9.68 Å². The molecule has 5 heteroatoms. The first-order chi connectivity index (χ1) is 10.6. The Balaban J connectivity index is 2.06. The van der Waals surface area contributed by atoms with Crippen LogP contribution in [0, 0.1) is 0 Å². The first-order valence-corrected chi connectivity index (χ1v) is 7.28. The molecule has 4 nitrogen and oxygen atoms in total. The fraction of sp³-hybridized carbons (Fsp3) is 0.118. The average molecular weight is 313 g/mol. The molecule has 2 aromatic carbocycles. The molecule has 2 aromatic rings. The highest BCUT2D eigenvalue weighted by Crippen LogP contribution is 2.37. The van der Waals surface area contributed by atoms with Crippen LogP contribution in [0.3, 0.4) is 0 Å². The van der Waals surface area contributed by atoms with Crippen LogP contribution in [0.2, 0.25) is 0 Å². The van der Waals surface area contributed by atoms with E-state index < -0.39 is 5.91 Å². The molecular formula is C17H15NO3S. The van der Waals surface area contributed by atoms with E-state index in [9.17, 15) is 4.79 Å². The van der Waals surface area contributed by atoms with Gasteiger partial charge in [0.15, 0.2) is 5.75 Å². The summed E-state index contributed by atoms with van der Waals surface area (Å²) in [7, 11) is 0. The van der Waals surface area contributed by atoms with Gasteiger partial charge in [-0.1, -0.05) is 30.3 Å². The van der Waals surface area contributed by atoms with Gasteiger partial charge in [0.2, 0.25) is 5.91 Å². The summed E-state index contributed by atoms with van der Waals surface area (Å²) in [6.07, 6.45) is 1.79. The third-order valence-electron chi connectivity index (χ3n) is 3.53. The Bertz CT molecular complexity index is 728. The summed E-state index contributed by atoms with van der Waals surface area (Å²) in [6.45, 7) is 0.228. The van der Waals surface area contributed by atoms with Crippen molar-refractivity contribution in [1.82, 2.24) is 0 Å². The Morgan fingerprint density at radius 2 is 2.00 bits per heavy atom. The molecule has 0 spiro atoms. The van der Waals surface area contributed by atoms with Crippen LogP contribution in [-0.4, -0.2) is 12.5 Å². The maximum atomic E-state index is 11.9. The van der Waals surface area contributed by atoms with Crippen LogP contribution in [0.1, 0.15) is 17.0 Å². The highest BCUT2D eigenvalue weighted by Gasteiger charge is 2.29. The Labute approximate surface area is 133 Å². The number of amides is 1. The van der Waals surface area contributed by atoms with Crippen molar-refractivity contribution in [2.24, 2.45) is 5.73 Å². The predicted molar refractivity (Wildman–Crippen MR) is 86.6 cm³/mol. The number of benzene rings is 2. The summed E-state index contributed by atoms with van der Waals surface area (Å²) >= 11 is 4.35. The SMILES string of the molecule is NC(=O)C(=Cc1ccccc1)C1COOc2ccc(S)cc21. The molecule has 1 heterocycles. The van der Waals surface area contributed by atoms with Gasteiger partial charge in [-0.3, -0.25) is 4.79 Å². The molecule has 1 unspecified atom stereocenters. The van der Waals surface area contributed by atoms with Crippen molar-refractivity contribution < 1.29 is 14.6 Å². The number of nitrogens with two attached hydrogens (primary N) is 1. The largest absolute Gasteiger partial charge is 0.366 e. The molecule has 0 aliphatic carbocycles. The Morgan fingerprint density at radius 1 is 1.23 bits per heavy atom. The standard InChI is InChI=1S/C17H15NO3S/c18-17(19)14(8-11-4-2-1-3-5-11)15-10-20-21-16-7-6-12(22)9-13(15)16/h1-9,15,22H,10H2,(H2,18,19). The molecule has 0 saturated heterocycles. The summed E-state index contributed by atoms with van der Waals surface area (Å²) in [5.74, 6) is -0.183. The first kappa shape index (κ1) is 14.7. The van der Waals surface area contributed by atoms with Gasteiger partial charge in [-0.25, -0.2) is 0 Å². The molecule has 2 N–H and O–H groups in total. The van der Waals surface area contributed by atoms with Gasteiger partial charge in [0.25, 0.3) is 0 Å². The average Bonchev–Trinajstić information content (AvgIpc) is 2.53. The highest BCUT2D eigenvalue weighted by molar-refractivity contribution is 7.80. The minimum absolute atomic E-state index is 0.228. The van der Waals surface area contributed by atoms with Gasteiger partial charge in [-0.05, 0) is 29.8 Å².